The second kappa shape index (κ2) is 11.3. The molecule has 2 rings (SSSR count). The Morgan fingerprint density at radius 1 is 0.963 bits per heavy atom. The average Bonchev–Trinajstić information content (AvgIpc) is 3.04. The topological polar surface area (TPSA) is 38.0 Å². The molecule has 1 aromatic heterocycles. The summed E-state index contributed by atoms with van der Waals surface area (Å²) in [7, 11) is 0. The van der Waals surface area contributed by atoms with Crippen molar-refractivity contribution in [2.45, 2.75) is 97.1 Å². The van der Waals surface area contributed by atoms with Gasteiger partial charge in [-0.25, -0.2) is 4.98 Å². The first-order valence-corrected chi connectivity index (χ1v) is 10.8. The van der Waals surface area contributed by atoms with Gasteiger partial charge < -0.3 is 9.67 Å². The summed E-state index contributed by atoms with van der Waals surface area (Å²) in [6.45, 7) is 6.70. The SMILES string of the molecule is CCCCCCCCCCCc1ccccc1C(C)(O)Cn1ccnc1C. The first kappa shape index (κ1) is 21.7. The quantitative estimate of drug-likeness (QED) is 0.428. The van der Waals surface area contributed by atoms with Crippen LogP contribution in [0.3, 0.4) is 0 Å². The van der Waals surface area contributed by atoms with E-state index >= 15 is 0 Å². The molecule has 0 aliphatic rings. The van der Waals surface area contributed by atoms with Gasteiger partial charge in [0.1, 0.15) is 11.4 Å². The van der Waals surface area contributed by atoms with Crippen molar-refractivity contribution in [3.05, 3.63) is 53.6 Å². The molecule has 1 N–H and O–H groups in total. The van der Waals surface area contributed by atoms with Crippen molar-refractivity contribution < 1.29 is 5.11 Å². The van der Waals surface area contributed by atoms with Gasteiger partial charge >= 0.3 is 0 Å². The highest BCUT2D eigenvalue weighted by molar-refractivity contribution is 5.32. The van der Waals surface area contributed by atoms with E-state index in [1.807, 2.05) is 30.7 Å². The van der Waals surface area contributed by atoms with Crippen LogP contribution in [-0.2, 0) is 18.6 Å². The summed E-state index contributed by atoms with van der Waals surface area (Å²) in [5, 5.41) is 11.2. The van der Waals surface area contributed by atoms with Gasteiger partial charge in [0.25, 0.3) is 0 Å². The maximum Gasteiger partial charge on any atom is 0.105 e. The van der Waals surface area contributed by atoms with Crippen LogP contribution in [0.25, 0.3) is 0 Å². The molecule has 3 heteroatoms. The van der Waals surface area contributed by atoms with Crippen molar-refractivity contribution >= 4 is 0 Å². The third-order valence-corrected chi connectivity index (χ3v) is 5.55. The molecule has 0 aliphatic carbocycles. The van der Waals surface area contributed by atoms with Crippen LogP contribution in [0.15, 0.2) is 36.7 Å². The zero-order valence-electron chi connectivity index (χ0n) is 17.6. The van der Waals surface area contributed by atoms with Crippen molar-refractivity contribution in [1.29, 1.82) is 0 Å². The van der Waals surface area contributed by atoms with Crippen LogP contribution in [0.5, 0.6) is 0 Å². The molecule has 150 valence electrons. The zero-order valence-corrected chi connectivity index (χ0v) is 17.6. The van der Waals surface area contributed by atoms with E-state index in [4.69, 9.17) is 0 Å². The summed E-state index contributed by atoms with van der Waals surface area (Å²) >= 11 is 0. The molecule has 1 atom stereocenters. The van der Waals surface area contributed by atoms with E-state index in [-0.39, 0.29) is 0 Å². The summed E-state index contributed by atoms with van der Waals surface area (Å²) < 4.78 is 2.02. The normalized spacial score (nSPS) is 13.6. The number of aryl methyl sites for hydroxylation is 2. The Hall–Kier alpha value is -1.61. The Kier molecular flexibility index (Phi) is 9.06. The highest BCUT2D eigenvalue weighted by Gasteiger charge is 2.26. The van der Waals surface area contributed by atoms with Crippen molar-refractivity contribution in [2.75, 3.05) is 0 Å². The standard InChI is InChI=1S/C24H38N2O/c1-4-5-6-7-8-9-10-11-12-15-22-16-13-14-17-23(22)24(3,27)20-26-19-18-25-21(26)2/h13-14,16-19,27H,4-12,15,20H2,1-3H3. The van der Waals surface area contributed by atoms with Crippen LogP contribution in [0.1, 0.15) is 88.6 Å². The molecule has 0 fully saturated rings. The monoisotopic (exact) mass is 370 g/mol. The van der Waals surface area contributed by atoms with Gasteiger partial charge in [-0.2, -0.15) is 0 Å². The number of nitrogens with zero attached hydrogens (tertiary/aromatic N) is 2. The van der Waals surface area contributed by atoms with E-state index < -0.39 is 5.60 Å². The van der Waals surface area contributed by atoms with Gasteiger partial charge in [0.05, 0.1) is 6.54 Å². The number of imidazole rings is 1. The number of benzene rings is 1. The average molecular weight is 371 g/mol. The second-order valence-electron chi connectivity index (χ2n) is 8.11. The van der Waals surface area contributed by atoms with Gasteiger partial charge in [-0.05, 0) is 37.8 Å². The van der Waals surface area contributed by atoms with Crippen LogP contribution in [0.4, 0.5) is 0 Å². The molecule has 0 saturated heterocycles. The number of hydrogen-bond acceptors (Lipinski definition) is 2. The summed E-state index contributed by atoms with van der Waals surface area (Å²) in [5.74, 6) is 0.937. The molecule has 0 radical (unpaired) electrons. The molecule has 0 aliphatic heterocycles. The molecule has 2 aromatic rings. The van der Waals surface area contributed by atoms with Crippen LogP contribution >= 0.6 is 0 Å². The largest absolute Gasteiger partial charge is 0.384 e. The summed E-state index contributed by atoms with van der Waals surface area (Å²) in [4.78, 5) is 4.27. The van der Waals surface area contributed by atoms with Crippen molar-refractivity contribution in [3.8, 4) is 0 Å². The Morgan fingerprint density at radius 2 is 1.59 bits per heavy atom. The number of unbranched alkanes of at least 4 members (excludes halogenated alkanes) is 8. The lowest BCUT2D eigenvalue weighted by atomic mass is 9.89. The molecular formula is C24H38N2O. The molecule has 0 saturated carbocycles. The Bertz CT molecular complexity index is 660. The third-order valence-electron chi connectivity index (χ3n) is 5.55. The number of aromatic nitrogens is 2. The Labute approximate surface area is 165 Å². The van der Waals surface area contributed by atoms with E-state index in [9.17, 15) is 5.11 Å². The molecule has 3 nitrogen and oxygen atoms in total. The zero-order chi connectivity index (χ0) is 19.5. The molecule has 1 aromatic carbocycles. The van der Waals surface area contributed by atoms with Crippen molar-refractivity contribution in [1.82, 2.24) is 9.55 Å². The fraction of sp³-hybridized carbons (Fsp3) is 0.625. The molecule has 1 heterocycles. The fourth-order valence-corrected chi connectivity index (χ4v) is 3.88. The van der Waals surface area contributed by atoms with Gasteiger partial charge in [0, 0.05) is 12.4 Å². The van der Waals surface area contributed by atoms with E-state index in [1.165, 1.54) is 63.4 Å². The maximum absolute atomic E-state index is 11.2. The smallest absolute Gasteiger partial charge is 0.105 e. The van der Waals surface area contributed by atoms with E-state index in [0.29, 0.717) is 6.54 Å². The van der Waals surface area contributed by atoms with Gasteiger partial charge in [-0.3, -0.25) is 0 Å². The van der Waals surface area contributed by atoms with Crippen LogP contribution < -0.4 is 0 Å². The lowest BCUT2D eigenvalue weighted by Crippen LogP contribution is -2.29. The highest BCUT2D eigenvalue weighted by atomic mass is 16.3. The minimum atomic E-state index is -0.888. The number of aliphatic hydroxyl groups is 1. The Morgan fingerprint density at radius 3 is 2.22 bits per heavy atom. The first-order chi connectivity index (χ1) is 13.0. The van der Waals surface area contributed by atoms with Crippen LogP contribution in [-0.4, -0.2) is 14.7 Å². The lowest BCUT2D eigenvalue weighted by molar-refractivity contribution is 0.0367. The summed E-state index contributed by atoms with van der Waals surface area (Å²) in [6.07, 6.45) is 16.8. The first-order valence-electron chi connectivity index (χ1n) is 10.8. The van der Waals surface area contributed by atoms with Crippen LogP contribution in [0.2, 0.25) is 0 Å². The third kappa shape index (κ3) is 7.14. The maximum atomic E-state index is 11.2. The highest BCUT2D eigenvalue weighted by Crippen LogP contribution is 2.28. The van der Waals surface area contributed by atoms with Gasteiger partial charge in [0.2, 0.25) is 0 Å². The molecule has 1 unspecified atom stereocenters. The summed E-state index contributed by atoms with van der Waals surface area (Å²) in [5.41, 5.74) is 1.45. The summed E-state index contributed by atoms with van der Waals surface area (Å²) in [6, 6.07) is 8.38. The predicted molar refractivity (Wildman–Crippen MR) is 114 cm³/mol. The van der Waals surface area contributed by atoms with E-state index in [1.54, 1.807) is 6.20 Å². The van der Waals surface area contributed by atoms with Crippen molar-refractivity contribution in [2.24, 2.45) is 0 Å². The van der Waals surface area contributed by atoms with E-state index in [2.05, 4.69) is 30.1 Å². The minimum Gasteiger partial charge on any atom is -0.384 e. The van der Waals surface area contributed by atoms with Crippen molar-refractivity contribution in [3.63, 3.8) is 0 Å². The van der Waals surface area contributed by atoms with Crippen LogP contribution in [0, 0.1) is 6.92 Å². The molecule has 0 bridgehead atoms. The number of rotatable bonds is 13. The van der Waals surface area contributed by atoms with Gasteiger partial charge in [-0.15, -0.1) is 0 Å². The van der Waals surface area contributed by atoms with Gasteiger partial charge in [-0.1, -0.05) is 82.6 Å². The number of hydrogen-bond donors (Lipinski definition) is 1. The molecular weight excluding hydrogens is 332 g/mol. The lowest BCUT2D eigenvalue weighted by Gasteiger charge is -2.27. The molecule has 0 spiro atoms. The van der Waals surface area contributed by atoms with Gasteiger partial charge in [0.15, 0.2) is 0 Å². The second-order valence-corrected chi connectivity index (χ2v) is 8.11. The molecule has 0 amide bonds. The minimum absolute atomic E-state index is 0.535. The van der Waals surface area contributed by atoms with E-state index in [0.717, 1.165) is 17.8 Å². The fourth-order valence-electron chi connectivity index (χ4n) is 3.88. The Balaban J connectivity index is 1.82. The predicted octanol–water partition coefficient (Wildman–Crippen LogP) is 6.17. The molecule has 27 heavy (non-hydrogen) atoms.